The van der Waals surface area contributed by atoms with E-state index < -0.39 is 17.0 Å². The van der Waals surface area contributed by atoms with Crippen molar-refractivity contribution in [1.82, 2.24) is 0 Å². The van der Waals surface area contributed by atoms with Crippen LogP contribution in [0.3, 0.4) is 0 Å². The molecule has 0 aliphatic carbocycles. The summed E-state index contributed by atoms with van der Waals surface area (Å²) in [5.74, 6) is -0.587. The summed E-state index contributed by atoms with van der Waals surface area (Å²) < 4.78 is 5.36. The fourth-order valence-corrected chi connectivity index (χ4v) is 2.45. The van der Waals surface area contributed by atoms with Crippen LogP contribution in [-0.4, -0.2) is 17.5 Å². The van der Waals surface area contributed by atoms with Crippen LogP contribution in [0.1, 0.15) is 74.8 Å². The number of hydrogen-bond donors (Lipinski definition) is 1. The zero-order chi connectivity index (χ0) is 20.6. The first-order valence-corrected chi connectivity index (χ1v) is 9.14. The highest BCUT2D eigenvalue weighted by molar-refractivity contribution is 5.95. The molecule has 0 heterocycles. The number of nitrogens with one attached hydrogen (secondary N) is 1. The Bertz CT molecular complexity index is 662. The molecule has 1 aromatic carbocycles. The van der Waals surface area contributed by atoms with Crippen LogP contribution in [0, 0.1) is 10.8 Å². The predicted octanol–water partition coefficient (Wildman–Crippen LogP) is 5.32. The number of benzene rings is 1. The largest absolute Gasteiger partial charge is 0.459 e. The van der Waals surface area contributed by atoms with Gasteiger partial charge in [0.05, 0.1) is 5.41 Å². The lowest BCUT2D eigenvalue weighted by molar-refractivity contribution is -0.168. The van der Waals surface area contributed by atoms with Crippen LogP contribution in [-0.2, 0) is 19.7 Å². The van der Waals surface area contributed by atoms with Crippen molar-refractivity contribution < 1.29 is 14.3 Å². The highest BCUT2D eigenvalue weighted by Crippen LogP contribution is 2.41. The minimum Gasteiger partial charge on any atom is -0.459 e. The third-order valence-corrected chi connectivity index (χ3v) is 6.21. The lowest BCUT2D eigenvalue weighted by Crippen LogP contribution is -2.50. The molecule has 0 aliphatic rings. The molecule has 26 heavy (non-hydrogen) atoms. The van der Waals surface area contributed by atoms with Crippen LogP contribution in [0.5, 0.6) is 0 Å². The number of carbonyl (C=O) groups excluding carboxylic acids is 2. The van der Waals surface area contributed by atoms with Gasteiger partial charge in [0.25, 0.3) is 0 Å². The van der Waals surface area contributed by atoms with E-state index in [0.29, 0.717) is 0 Å². The fourth-order valence-electron chi connectivity index (χ4n) is 2.45. The van der Waals surface area contributed by atoms with Gasteiger partial charge >= 0.3 is 5.97 Å². The minimum atomic E-state index is -0.920. The maximum absolute atomic E-state index is 12.8. The van der Waals surface area contributed by atoms with Crippen LogP contribution >= 0.6 is 0 Å². The standard InChI is InChI=1S/C22H35NO3/c1-15(24)26-22(9,10)21(7,8)18(25)23-17-13-11-16(12-14-17)20(5,6)19(2,3)4/h11-14H,1-10H3,(H,23,25). The van der Waals surface area contributed by atoms with Crippen molar-refractivity contribution in [2.24, 2.45) is 10.8 Å². The van der Waals surface area contributed by atoms with Crippen molar-refractivity contribution in [1.29, 1.82) is 0 Å². The molecule has 1 amide bonds. The van der Waals surface area contributed by atoms with E-state index in [2.05, 4.69) is 52.1 Å². The van der Waals surface area contributed by atoms with Crippen LogP contribution in [0.2, 0.25) is 0 Å². The number of hydrogen-bond acceptors (Lipinski definition) is 3. The van der Waals surface area contributed by atoms with Gasteiger partial charge in [0, 0.05) is 12.6 Å². The normalized spacial score (nSPS) is 13.3. The van der Waals surface area contributed by atoms with E-state index >= 15 is 0 Å². The Kier molecular flexibility index (Phi) is 6.02. The van der Waals surface area contributed by atoms with Crippen molar-refractivity contribution >= 4 is 17.6 Å². The van der Waals surface area contributed by atoms with Crippen LogP contribution in [0.25, 0.3) is 0 Å². The molecular formula is C22H35NO3. The molecule has 0 unspecified atom stereocenters. The lowest BCUT2D eigenvalue weighted by Gasteiger charge is -2.40. The average Bonchev–Trinajstić information content (AvgIpc) is 2.45. The van der Waals surface area contributed by atoms with Crippen molar-refractivity contribution in [3.05, 3.63) is 29.8 Å². The van der Waals surface area contributed by atoms with E-state index in [1.807, 2.05) is 12.1 Å². The second kappa shape index (κ2) is 7.05. The van der Waals surface area contributed by atoms with Crippen molar-refractivity contribution in [3.63, 3.8) is 0 Å². The molecule has 4 heteroatoms. The molecule has 0 saturated carbocycles. The Hall–Kier alpha value is -1.84. The zero-order valence-corrected chi connectivity index (χ0v) is 18.0. The third-order valence-electron chi connectivity index (χ3n) is 6.21. The van der Waals surface area contributed by atoms with Gasteiger partial charge in [0.2, 0.25) is 5.91 Å². The molecule has 0 aromatic heterocycles. The molecule has 0 radical (unpaired) electrons. The van der Waals surface area contributed by atoms with Gasteiger partial charge in [-0.25, -0.2) is 0 Å². The topological polar surface area (TPSA) is 55.4 Å². The van der Waals surface area contributed by atoms with Gasteiger partial charge in [-0.15, -0.1) is 0 Å². The molecule has 0 spiro atoms. The molecule has 1 rings (SSSR count). The number of carbonyl (C=O) groups is 2. The summed E-state index contributed by atoms with van der Waals surface area (Å²) in [6.07, 6.45) is 0. The summed E-state index contributed by atoms with van der Waals surface area (Å²) in [5, 5.41) is 2.95. The Labute approximate surface area is 158 Å². The molecule has 0 atom stereocenters. The van der Waals surface area contributed by atoms with Crippen LogP contribution < -0.4 is 5.32 Å². The Morgan fingerprint density at radius 1 is 0.846 bits per heavy atom. The van der Waals surface area contributed by atoms with E-state index in [9.17, 15) is 9.59 Å². The maximum Gasteiger partial charge on any atom is 0.303 e. The summed E-state index contributed by atoms with van der Waals surface area (Å²) in [7, 11) is 0. The monoisotopic (exact) mass is 361 g/mol. The van der Waals surface area contributed by atoms with E-state index in [1.165, 1.54) is 12.5 Å². The highest BCUT2D eigenvalue weighted by atomic mass is 16.6. The lowest BCUT2D eigenvalue weighted by atomic mass is 9.65. The average molecular weight is 362 g/mol. The summed E-state index contributed by atoms with van der Waals surface area (Å²) >= 11 is 0. The molecule has 4 nitrogen and oxygen atoms in total. The molecular weight excluding hydrogens is 326 g/mol. The molecule has 0 aliphatic heterocycles. The fraction of sp³-hybridized carbons (Fsp3) is 0.636. The van der Waals surface area contributed by atoms with Gasteiger partial charge < -0.3 is 10.1 Å². The van der Waals surface area contributed by atoms with E-state index in [-0.39, 0.29) is 16.7 Å². The quantitative estimate of drug-likeness (QED) is 0.722. The van der Waals surface area contributed by atoms with Gasteiger partial charge in [0.1, 0.15) is 5.60 Å². The van der Waals surface area contributed by atoms with E-state index in [4.69, 9.17) is 4.74 Å². The smallest absolute Gasteiger partial charge is 0.303 e. The Morgan fingerprint density at radius 3 is 1.69 bits per heavy atom. The highest BCUT2D eigenvalue weighted by Gasteiger charge is 2.46. The molecule has 1 N–H and O–H groups in total. The molecule has 1 aromatic rings. The number of amides is 1. The SMILES string of the molecule is CC(=O)OC(C)(C)C(C)(C)C(=O)Nc1ccc(C(C)(C)C(C)(C)C)cc1. The van der Waals surface area contributed by atoms with Gasteiger partial charge in [-0.1, -0.05) is 46.8 Å². The first kappa shape index (κ1) is 22.2. The summed E-state index contributed by atoms with van der Waals surface area (Å²) in [5.41, 5.74) is 0.275. The molecule has 0 bridgehead atoms. The van der Waals surface area contributed by atoms with E-state index in [0.717, 1.165) is 5.69 Å². The van der Waals surface area contributed by atoms with Gasteiger partial charge in [-0.05, 0) is 56.2 Å². The number of anilines is 1. The van der Waals surface area contributed by atoms with Gasteiger partial charge in [0.15, 0.2) is 0 Å². The molecule has 0 fully saturated rings. The summed E-state index contributed by atoms with van der Waals surface area (Å²) in [6, 6.07) is 7.97. The van der Waals surface area contributed by atoms with Crippen molar-refractivity contribution in [2.45, 2.75) is 80.3 Å². The number of esters is 1. The first-order valence-electron chi connectivity index (χ1n) is 9.14. The summed E-state index contributed by atoms with van der Waals surface area (Å²) in [4.78, 5) is 24.1. The number of rotatable bonds is 5. The molecule has 0 saturated heterocycles. The van der Waals surface area contributed by atoms with Crippen LogP contribution in [0.4, 0.5) is 5.69 Å². The van der Waals surface area contributed by atoms with Crippen molar-refractivity contribution in [2.75, 3.05) is 5.32 Å². The maximum atomic E-state index is 12.8. The first-order chi connectivity index (χ1) is 11.5. The van der Waals surface area contributed by atoms with Gasteiger partial charge in [-0.2, -0.15) is 0 Å². The second-order valence-corrected chi connectivity index (χ2v) is 9.64. The zero-order valence-electron chi connectivity index (χ0n) is 18.0. The second-order valence-electron chi connectivity index (χ2n) is 9.64. The molecule has 146 valence electrons. The summed E-state index contributed by atoms with van der Waals surface area (Å²) in [6.45, 7) is 19.5. The van der Waals surface area contributed by atoms with Crippen molar-refractivity contribution in [3.8, 4) is 0 Å². The predicted molar refractivity (Wildman–Crippen MR) is 107 cm³/mol. The minimum absolute atomic E-state index is 0.00608. The third kappa shape index (κ3) is 4.46. The van der Waals surface area contributed by atoms with Gasteiger partial charge in [-0.3, -0.25) is 9.59 Å². The van der Waals surface area contributed by atoms with Crippen LogP contribution in [0.15, 0.2) is 24.3 Å². The number of ether oxygens (including phenoxy) is 1. The Balaban J connectivity index is 3.00. The Morgan fingerprint density at radius 2 is 1.31 bits per heavy atom. The van der Waals surface area contributed by atoms with E-state index in [1.54, 1.807) is 27.7 Å².